The SMILES string of the molecule is CC(C)(C)OC(=O)Nc1c(C#N)ccc2ccccc12. The minimum absolute atomic E-state index is 0.412. The molecule has 0 atom stereocenters. The van der Waals surface area contributed by atoms with Gasteiger partial charge in [0.2, 0.25) is 0 Å². The van der Waals surface area contributed by atoms with Crippen LogP contribution in [0.3, 0.4) is 0 Å². The number of hydrogen-bond acceptors (Lipinski definition) is 3. The van der Waals surface area contributed by atoms with Crippen molar-refractivity contribution in [2.24, 2.45) is 0 Å². The van der Waals surface area contributed by atoms with Crippen molar-refractivity contribution in [1.82, 2.24) is 0 Å². The summed E-state index contributed by atoms with van der Waals surface area (Å²) >= 11 is 0. The maximum atomic E-state index is 11.9. The number of benzene rings is 2. The van der Waals surface area contributed by atoms with Crippen LogP contribution in [0.15, 0.2) is 36.4 Å². The second kappa shape index (κ2) is 5.22. The van der Waals surface area contributed by atoms with Crippen LogP contribution in [0.5, 0.6) is 0 Å². The molecule has 0 radical (unpaired) electrons. The Kier molecular flexibility index (Phi) is 3.62. The molecule has 0 heterocycles. The van der Waals surface area contributed by atoms with Gasteiger partial charge >= 0.3 is 6.09 Å². The van der Waals surface area contributed by atoms with Crippen molar-refractivity contribution in [3.05, 3.63) is 42.0 Å². The highest BCUT2D eigenvalue weighted by atomic mass is 16.6. The average molecular weight is 268 g/mol. The molecule has 0 saturated heterocycles. The number of nitrogens with zero attached hydrogens (tertiary/aromatic N) is 1. The van der Waals surface area contributed by atoms with Crippen LogP contribution in [-0.4, -0.2) is 11.7 Å². The van der Waals surface area contributed by atoms with Crippen molar-refractivity contribution in [3.63, 3.8) is 0 Å². The molecule has 0 spiro atoms. The summed E-state index contributed by atoms with van der Waals surface area (Å²) < 4.78 is 5.23. The van der Waals surface area contributed by atoms with E-state index in [1.165, 1.54) is 0 Å². The maximum Gasteiger partial charge on any atom is 0.412 e. The van der Waals surface area contributed by atoms with E-state index in [1.54, 1.807) is 26.8 Å². The standard InChI is InChI=1S/C16H16N2O2/c1-16(2,3)20-15(19)18-14-12(10-17)9-8-11-6-4-5-7-13(11)14/h4-9H,1-3H3,(H,18,19). The summed E-state index contributed by atoms with van der Waals surface area (Å²) in [4.78, 5) is 11.9. The zero-order chi connectivity index (χ0) is 14.8. The first-order valence-electron chi connectivity index (χ1n) is 6.32. The molecule has 4 heteroatoms. The third-order valence-corrected chi connectivity index (χ3v) is 2.68. The van der Waals surface area contributed by atoms with Crippen molar-refractivity contribution in [2.45, 2.75) is 26.4 Å². The molecule has 0 unspecified atom stereocenters. The Balaban J connectivity index is 2.42. The van der Waals surface area contributed by atoms with E-state index in [4.69, 9.17) is 4.74 Å². The fourth-order valence-corrected chi connectivity index (χ4v) is 1.91. The van der Waals surface area contributed by atoms with Crippen molar-refractivity contribution in [2.75, 3.05) is 5.32 Å². The quantitative estimate of drug-likeness (QED) is 0.848. The van der Waals surface area contributed by atoms with Crippen LogP contribution in [0.4, 0.5) is 10.5 Å². The first kappa shape index (κ1) is 13.9. The molecule has 102 valence electrons. The molecule has 0 saturated carbocycles. The van der Waals surface area contributed by atoms with Gasteiger partial charge in [-0.05, 0) is 32.2 Å². The number of carbonyl (C=O) groups is 1. The van der Waals surface area contributed by atoms with Gasteiger partial charge in [-0.25, -0.2) is 4.79 Å². The highest BCUT2D eigenvalue weighted by Gasteiger charge is 2.18. The van der Waals surface area contributed by atoms with Crippen LogP contribution in [0.25, 0.3) is 10.8 Å². The molecule has 0 aliphatic carbocycles. The highest BCUT2D eigenvalue weighted by Crippen LogP contribution is 2.27. The normalized spacial score (nSPS) is 10.9. The largest absolute Gasteiger partial charge is 0.444 e. The van der Waals surface area contributed by atoms with Gasteiger partial charge in [0.25, 0.3) is 0 Å². The Morgan fingerprint density at radius 3 is 2.55 bits per heavy atom. The summed E-state index contributed by atoms with van der Waals surface area (Å²) in [7, 11) is 0. The predicted octanol–water partition coefficient (Wildman–Crippen LogP) is 4.06. The number of rotatable bonds is 1. The molecule has 1 N–H and O–H groups in total. The first-order chi connectivity index (χ1) is 9.40. The van der Waals surface area contributed by atoms with E-state index in [-0.39, 0.29) is 0 Å². The summed E-state index contributed by atoms with van der Waals surface area (Å²) in [5.74, 6) is 0. The van der Waals surface area contributed by atoms with Gasteiger partial charge in [-0.3, -0.25) is 5.32 Å². The van der Waals surface area contributed by atoms with Gasteiger partial charge in [-0.15, -0.1) is 0 Å². The fourth-order valence-electron chi connectivity index (χ4n) is 1.91. The van der Waals surface area contributed by atoms with E-state index < -0.39 is 11.7 Å². The molecule has 2 aromatic carbocycles. The Morgan fingerprint density at radius 2 is 1.90 bits per heavy atom. The molecule has 0 aliphatic rings. The van der Waals surface area contributed by atoms with Gasteiger partial charge in [0.05, 0.1) is 11.3 Å². The summed E-state index contributed by atoms with van der Waals surface area (Å²) in [5, 5.41) is 13.6. The number of ether oxygens (including phenoxy) is 1. The third-order valence-electron chi connectivity index (χ3n) is 2.68. The fraction of sp³-hybridized carbons (Fsp3) is 0.250. The molecule has 2 rings (SSSR count). The van der Waals surface area contributed by atoms with Gasteiger partial charge in [-0.2, -0.15) is 5.26 Å². The number of nitrogens with one attached hydrogen (secondary N) is 1. The summed E-state index contributed by atoms with van der Waals surface area (Å²) in [5.41, 5.74) is 0.316. The van der Waals surface area contributed by atoms with E-state index >= 15 is 0 Å². The minimum Gasteiger partial charge on any atom is -0.444 e. The number of hydrogen-bond donors (Lipinski definition) is 1. The Morgan fingerprint density at radius 1 is 1.20 bits per heavy atom. The van der Waals surface area contributed by atoms with Crippen LogP contribution in [-0.2, 0) is 4.74 Å². The number of fused-ring (bicyclic) bond motifs is 1. The van der Waals surface area contributed by atoms with Gasteiger partial charge < -0.3 is 4.74 Å². The van der Waals surface area contributed by atoms with Crippen LogP contribution >= 0.6 is 0 Å². The molecule has 20 heavy (non-hydrogen) atoms. The summed E-state index contributed by atoms with van der Waals surface area (Å²) in [6.07, 6.45) is -0.564. The van der Waals surface area contributed by atoms with Crippen LogP contribution in [0.1, 0.15) is 26.3 Å². The van der Waals surface area contributed by atoms with Crippen molar-refractivity contribution < 1.29 is 9.53 Å². The molecule has 0 fully saturated rings. The van der Waals surface area contributed by atoms with Crippen LogP contribution in [0, 0.1) is 11.3 Å². The zero-order valence-corrected chi connectivity index (χ0v) is 11.7. The monoisotopic (exact) mass is 268 g/mol. The van der Waals surface area contributed by atoms with Crippen molar-refractivity contribution >= 4 is 22.6 Å². The highest BCUT2D eigenvalue weighted by molar-refractivity contribution is 6.02. The Labute approximate surface area is 118 Å². The molecular weight excluding hydrogens is 252 g/mol. The van der Waals surface area contributed by atoms with Gasteiger partial charge in [0, 0.05) is 5.39 Å². The summed E-state index contributed by atoms with van der Waals surface area (Å²) in [6, 6.07) is 13.2. The molecular formula is C16H16N2O2. The molecule has 0 aromatic heterocycles. The lowest BCUT2D eigenvalue weighted by atomic mass is 10.0. The lowest BCUT2D eigenvalue weighted by Crippen LogP contribution is -2.27. The number of carbonyl (C=O) groups excluding carboxylic acids is 1. The van der Waals surface area contributed by atoms with Crippen molar-refractivity contribution in [3.8, 4) is 6.07 Å². The third kappa shape index (κ3) is 3.07. The lowest BCUT2D eigenvalue weighted by Gasteiger charge is -2.20. The van der Waals surface area contributed by atoms with E-state index in [0.29, 0.717) is 11.3 Å². The van der Waals surface area contributed by atoms with E-state index in [0.717, 1.165) is 10.8 Å². The van der Waals surface area contributed by atoms with Gasteiger partial charge in [0.1, 0.15) is 11.7 Å². The Hall–Kier alpha value is -2.54. The van der Waals surface area contributed by atoms with E-state index in [1.807, 2.05) is 30.3 Å². The summed E-state index contributed by atoms with van der Waals surface area (Å²) in [6.45, 7) is 5.38. The molecule has 4 nitrogen and oxygen atoms in total. The van der Waals surface area contributed by atoms with Crippen LogP contribution < -0.4 is 5.32 Å². The van der Waals surface area contributed by atoms with Gasteiger partial charge in [-0.1, -0.05) is 30.3 Å². The molecule has 2 aromatic rings. The minimum atomic E-state index is -0.582. The topological polar surface area (TPSA) is 62.1 Å². The first-order valence-corrected chi connectivity index (χ1v) is 6.32. The van der Waals surface area contributed by atoms with Gasteiger partial charge in [0.15, 0.2) is 0 Å². The molecule has 0 aliphatic heterocycles. The molecule has 1 amide bonds. The average Bonchev–Trinajstić information content (AvgIpc) is 2.37. The second-order valence-electron chi connectivity index (χ2n) is 5.45. The van der Waals surface area contributed by atoms with E-state index in [2.05, 4.69) is 11.4 Å². The number of anilines is 1. The number of nitriles is 1. The second-order valence-corrected chi connectivity index (χ2v) is 5.45. The Bertz CT molecular complexity index is 694. The van der Waals surface area contributed by atoms with E-state index in [9.17, 15) is 10.1 Å². The molecule has 0 bridgehead atoms. The number of amides is 1. The zero-order valence-electron chi connectivity index (χ0n) is 11.7. The predicted molar refractivity (Wildman–Crippen MR) is 78.5 cm³/mol. The lowest BCUT2D eigenvalue weighted by molar-refractivity contribution is 0.0636. The van der Waals surface area contributed by atoms with Crippen LogP contribution in [0.2, 0.25) is 0 Å². The maximum absolute atomic E-state index is 11.9. The smallest absolute Gasteiger partial charge is 0.412 e. The van der Waals surface area contributed by atoms with Crippen molar-refractivity contribution in [1.29, 1.82) is 5.26 Å².